The highest BCUT2D eigenvalue weighted by atomic mass is 16.5. The molecule has 2 N–H and O–H groups in total. The van der Waals surface area contributed by atoms with Crippen molar-refractivity contribution in [2.75, 3.05) is 7.11 Å². The van der Waals surface area contributed by atoms with E-state index < -0.39 is 0 Å². The number of unbranched alkanes of at least 4 members (excludes halogenated alkanes) is 1. The lowest BCUT2D eigenvalue weighted by molar-refractivity contribution is 0.202. The first-order valence-electron chi connectivity index (χ1n) is 7.16. The summed E-state index contributed by atoms with van der Waals surface area (Å²) in [6, 6.07) is 1.80. The van der Waals surface area contributed by atoms with Crippen LogP contribution in [0.1, 0.15) is 49.8 Å². The number of methoxy groups -OCH3 is 1. The van der Waals surface area contributed by atoms with Crippen molar-refractivity contribution in [2.24, 2.45) is 0 Å². The van der Waals surface area contributed by atoms with Crippen molar-refractivity contribution in [1.29, 1.82) is 0 Å². The highest BCUT2D eigenvalue weighted by Crippen LogP contribution is 2.35. The first kappa shape index (κ1) is 16.8. The summed E-state index contributed by atoms with van der Waals surface area (Å²) in [5, 5.41) is 18.9. The maximum atomic E-state index is 9.44. The van der Waals surface area contributed by atoms with E-state index in [1.807, 2.05) is 13.8 Å². The van der Waals surface area contributed by atoms with Crippen LogP contribution in [0.25, 0.3) is 0 Å². The molecule has 0 amide bonds. The first-order valence-corrected chi connectivity index (χ1v) is 7.16. The number of hydrogen-bond donors (Lipinski definition) is 2. The Balaban J connectivity index is 3.07. The van der Waals surface area contributed by atoms with Crippen LogP contribution in [0.5, 0.6) is 11.5 Å². The van der Waals surface area contributed by atoms with E-state index in [4.69, 9.17) is 9.47 Å². The molecule has 0 aliphatic heterocycles. The van der Waals surface area contributed by atoms with Crippen LogP contribution in [0.4, 0.5) is 0 Å². The summed E-state index contributed by atoms with van der Waals surface area (Å²) in [6.07, 6.45) is 3.37. The van der Waals surface area contributed by atoms with Gasteiger partial charge in [0.25, 0.3) is 0 Å². The van der Waals surface area contributed by atoms with Crippen molar-refractivity contribution < 1.29 is 19.7 Å². The molecule has 1 rings (SSSR count). The Morgan fingerprint density at radius 1 is 1.25 bits per heavy atom. The lowest BCUT2D eigenvalue weighted by Crippen LogP contribution is -2.13. The SMILES string of the molecule is CCCCC(C)Oc1cc(CO)c(CO)c(OC)c1C. The number of rotatable bonds is 8. The van der Waals surface area contributed by atoms with Crippen LogP contribution in [-0.4, -0.2) is 23.4 Å². The molecule has 114 valence electrons. The second-order valence-corrected chi connectivity index (χ2v) is 5.06. The molecule has 1 aromatic rings. The van der Waals surface area contributed by atoms with Gasteiger partial charge in [0.1, 0.15) is 11.5 Å². The Morgan fingerprint density at radius 2 is 1.95 bits per heavy atom. The van der Waals surface area contributed by atoms with E-state index in [1.165, 1.54) is 0 Å². The summed E-state index contributed by atoms with van der Waals surface area (Å²) >= 11 is 0. The molecule has 0 saturated carbocycles. The maximum absolute atomic E-state index is 9.44. The smallest absolute Gasteiger partial charge is 0.131 e. The van der Waals surface area contributed by atoms with Crippen LogP contribution in [0.3, 0.4) is 0 Å². The minimum Gasteiger partial charge on any atom is -0.496 e. The molecular weight excluding hydrogens is 256 g/mol. The highest BCUT2D eigenvalue weighted by Gasteiger charge is 2.17. The quantitative estimate of drug-likeness (QED) is 0.769. The summed E-state index contributed by atoms with van der Waals surface area (Å²) < 4.78 is 11.3. The van der Waals surface area contributed by atoms with Crippen molar-refractivity contribution in [3.8, 4) is 11.5 Å². The lowest BCUT2D eigenvalue weighted by Gasteiger charge is -2.21. The van der Waals surface area contributed by atoms with E-state index in [9.17, 15) is 10.2 Å². The van der Waals surface area contributed by atoms with Crippen LogP contribution >= 0.6 is 0 Å². The standard InChI is InChI=1S/C16H26O4/c1-5-6-7-11(2)20-15-8-13(9-17)14(10-18)16(19-4)12(15)3/h8,11,17-18H,5-7,9-10H2,1-4H3. The minimum atomic E-state index is -0.161. The van der Waals surface area contributed by atoms with E-state index in [-0.39, 0.29) is 19.3 Å². The zero-order valence-corrected chi connectivity index (χ0v) is 12.9. The van der Waals surface area contributed by atoms with Crippen molar-refractivity contribution in [1.82, 2.24) is 0 Å². The number of ether oxygens (including phenoxy) is 2. The summed E-state index contributed by atoms with van der Waals surface area (Å²) in [4.78, 5) is 0. The Bertz CT molecular complexity index is 429. The number of hydrogen-bond acceptors (Lipinski definition) is 4. The Hall–Kier alpha value is -1.26. The first-order chi connectivity index (χ1) is 9.58. The van der Waals surface area contributed by atoms with Gasteiger partial charge in [-0.3, -0.25) is 0 Å². The largest absolute Gasteiger partial charge is 0.496 e. The van der Waals surface area contributed by atoms with Crippen molar-refractivity contribution >= 4 is 0 Å². The maximum Gasteiger partial charge on any atom is 0.131 e. The van der Waals surface area contributed by atoms with Crippen molar-refractivity contribution in [2.45, 2.75) is 59.4 Å². The molecule has 0 bridgehead atoms. The average Bonchev–Trinajstić information content (AvgIpc) is 2.46. The number of aliphatic hydroxyl groups is 2. The van der Waals surface area contributed by atoms with Crippen LogP contribution in [0, 0.1) is 6.92 Å². The Labute approximate surface area is 121 Å². The molecule has 1 atom stereocenters. The van der Waals surface area contributed by atoms with Crippen molar-refractivity contribution in [3.05, 3.63) is 22.8 Å². The van der Waals surface area contributed by atoms with Gasteiger partial charge in [0.2, 0.25) is 0 Å². The highest BCUT2D eigenvalue weighted by molar-refractivity contribution is 5.53. The monoisotopic (exact) mass is 282 g/mol. The van der Waals surface area contributed by atoms with Gasteiger partial charge in [-0.2, -0.15) is 0 Å². The van der Waals surface area contributed by atoms with Gasteiger partial charge in [-0.05, 0) is 31.9 Å². The van der Waals surface area contributed by atoms with Gasteiger partial charge in [-0.1, -0.05) is 19.8 Å². The van der Waals surface area contributed by atoms with Gasteiger partial charge >= 0.3 is 0 Å². The molecule has 0 aromatic heterocycles. The predicted octanol–water partition coefficient (Wildman–Crippen LogP) is 2.95. The van der Waals surface area contributed by atoms with Crippen molar-refractivity contribution in [3.63, 3.8) is 0 Å². The van der Waals surface area contributed by atoms with Gasteiger partial charge in [-0.25, -0.2) is 0 Å². The Morgan fingerprint density at radius 3 is 2.45 bits per heavy atom. The average molecular weight is 282 g/mol. The third-order valence-corrected chi connectivity index (χ3v) is 3.50. The molecular formula is C16H26O4. The zero-order chi connectivity index (χ0) is 15.1. The van der Waals surface area contributed by atoms with E-state index in [0.29, 0.717) is 22.6 Å². The molecule has 0 fully saturated rings. The second-order valence-electron chi connectivity index (χ2n) is 5.06. The summed E-state index contributed by atoms with van der Waals surface area (Å²) in [5.41, 5.74) is 2.13. The number of benzene rings is 1. The minimum absolute atomic E-state index is 0.116. The molecule has 20 heavy (non-hydrogen) atoms. The predicted molar refractivity (Wildman–Crippen MR) is 79.2 cm³/mol. The van der Waals surface area contributed by atoms with E-state index in [1.54, 1.807) is 13.2 Å². The summed E-state index contributed by atoms with van der Waals surface area (Å²) in [5.74, 6) is 1.31. The molecule has 4 nitrogen and oxygen atoms in total. The van der Waals surface area contributed by atoms with E-state index in [2.05, 4.69) is 6.92 Å². The van der Waals surface area contributed by atoms with Crippen LogP contribution in [0.15, 0.2) is 6.07 Å². The molecule has 4 heteroatoms. The zero-order valence-electron chi connectivity index (χ0n) is 12.9. The molecule has 0 spiro atoms. The lowest BCUT2D eigenvalue weighted by atomic mass is 10.0. The molecule has 1 unspecified atom stereocenters. The third kappa shape index (κ3) is 3.87. The van der Waals surface area contributed by atoms with Gasteiger partial charge < -0.3 is 19.7 Å². The molecule has 0 radical (unpaired) electrons. The van der Waals surface area contributed by atoms with Gasteiger partial charge in [0, 0.05) is 11.1 Å². The molecule has 1 aromatic carbocycles. The Kier molecular flexibility index (Phi) is 6.82. The van der Waals surface area contributed by atoms with Gasteiger partial charge in [0.15, 0.2) is 0 Å². The molecule has 0 saturated heterocycles. The van der Waals surface area contributed by atoms with E-state index in [0.717, 1.165) is 24.8 Å². The van der Waals surface area contributed by atoms with Gasteiger partial charge in [-0.15, -0.1) is 0 Å². The van der Waals surface area contributed by atoms with E-state index >= 15 is 0 Å². The fourth-order valence-electron chi connectivity index (χ4n) is 2.32. The number of aliphatic hydroxyl groups excluding tert-OH is 2. The normalized spacial score (nSPS) is 12.3. The summed E-state index contributed by atoms with van der Waals surface area (Å²) in [6.45, 7) is 5.79. The van der Waals surface area contributed by atoms with Crippen LogP contribution < -0.4 is 9.47 Å². The fourth-order valence-corrected chi connectivity index (χ4v) is 2.32. The third-order valence-electron chi connectivity index (χ3n) is 3.50. The van der Waals surface area contributed by atoms with Gasteiger partial charge in [0.05, 0.1) is 26.4 Å². The molecule has 0 aliphatic rings. The topological polar surface area (TPSA) is 58.9 Å². The van der Waals surface area contributed by atoms with Crippen LogP contribution in [0.2, 0.25) is 0 Å². The molecule has 0 heterocycles. The second kappa shape index (κ2) is 8.12. The fraction of sp³-hybridized carbons (Fsp3) is 0.625. The van der Waals surface area contributed by atoms with Crippen LogP contribution in [-0.2, 0) is 13.2 Å². The summed E-state index contributed by atoms with van der Waals surface area (Å²) in [7, 11) is 1.56. The molecule has 0 aliphatic carbocycles.